The van der Waals surface area contributed by atoms with Crippen LogP contribution in [0.15, 0.2) is 0 Å². The second-order valence-electron chi connectivity index (χ2n) is 4.16. The first-order chi connectivity index (χ1) is 5.77. The van der Waals surface area contributed by atoms with Gasteiger partial charge in [-0.15, -0.1) is 0 Å². The first-order valence-electron chi connectivity index (χ1n) is 4.99. The van der Waals surface area contributed by atoms with E-state index in [1.54, 1.807) is 0 Å². The molecule has 0 aromatic heterocycles. The smallest absolute Gasteiger partial charge is 0.0483 e. The lowest BCUT2D eigenvalue weighted by atomic mass is 9.76. The molecule has 1 unspecified atom stereocenters. The van der Waals surface area contributed by atoms with Gasteiger partial charge in [-0.2, -0.15) is 0 Å². The minimum atomic E-state index is 0.132. The van der Waals surface area contributed by atoms with Crippen LogP contribution in [0.4, 0.5) is 0 Å². The summed E-state index contributed by atoms with van der Waals surface area (Å²) in [7, 11) is 0. The minimum Gasteiger partial charge on any atom is -0.396 e. The quantitative estimate of drug-likeness (QED) is 0.676. The first kappa shape index (κ1) is 10.0. The highest BCUT2D eigenvalue weighted by atomic mass is 16.3. The van der Waals surface area contributed by atoms with Crippen LogP contribution in [-0.4, -0.2) is 23.4 Å². The zero-order valence-electron chi connectivity index (χ0n) is 7.87. The van der Waals surface area contributed by atoms with Crippen LogP contribution in [0.25, 0.3) is 0 Å². The average Bonchev–Trinajstić information content (AvgIpc) is 2.07. The van der Waals surface area contributed by atoms with Gasteiger partial charge in [0.2, 0.25) is 0 Å². The van der Waals surface area contributed by atoms with E-state index in [0.717, 1.165) is 5.92 Å². The molecule has 1 fully saturated rings. The van der Waals surface area contributed by atoms with Crippen LogP contribution in [0, 0.1) is 17.8 Å². The lowest BCUT2D eigenvalue weighted by Crippen LogP contribution is -2.26. The van der Waals surface area contributed by atoms with E-state index < -0.39 is 0 Å². The Morgan fingerprint density at radius 2 is 1.92 bits per heavy atom. The van der Waals surface area contributed by atoms with Crippen molar-refractivity contribution in [2.24, 2.45) is 17.8 Å². The molecule has 1 rings (SSSR count). The standard InChI is InChI=1S/C10H20O2/c1-8-3-2-4-9(5-8)10(6-11)7-12/h8-12H,2-7H2,1H3/t8-,9?/m1/s1. The van der Waals surface area contributed by atoms with Crippen molar-refractivity contribution in [2.75, 3.05) is 13.2 Å². The highest BCUT2D eigenvalue weighted by molar-refractivity contribution is 4.75. The van der Waals surface area contributed by atoms with Crippen LogP contribution in [-0.2, 0) is 0 Å². The van der Waals surface area contributed by atoms with Crippen molar-refractivity contribution < 1.29 is 10.2 Å². The molecule has 1 aliphatic rings. The molecule has 2 atom stereocenters. The van der Waals surface area contributed by atoms with Crippen molar-refractivity contribution in [3.8, 4) is 0 Å². The predicted molar refractivity (Wildman–Crippen MR) is 48.8 cm³/mol. The van der Waals surface area contributed by atoms with Crippen molar-refractivity contribution in [1.29, 1.82) is 0 Å². The Labute approximate surface area is 74.6 Å². The van der Waals surface area contributed by atoms with Crippen LogP contribution < -0.4 is 0 Å². The maximum atomic E-state index is 9.00. The Morgan fingerprint density at radius 3 is 2.42 bits per heavy atom. The van der Waals surface area contributed by atoms with Crippen LogP contribution in [0.5, 0.6) is 0 Å². The molecule has 0 aliphatic heterocycles. The average molecular weight is 172 g/mol. The summed E-state index contributed by atoms with van der Waals surface area (Å²) in [4.78, 5) is 0. The molecule has 0 saturated heterocycles. The molecule has 1 aliphatic carbocycles. The highest BCUT2D eigenvalue weighted by Crippen LogP contribution is 2.33. The molecule has 2 nitrogen and oxygen atoms in total. The summed E-state index contributed by atoms with van der Waals surface area (Å²) in [6.45, 7) is 2.56. The van der Waals surface area contributed by atoms with Crippen molar-refractivity contribution in [3.63, 3.8) is 0 Å². The Balaban J connectivity index is 2.38. The summed E-state index contributed by atoms with van der Waals surface area (Å²) in [5.41, 5.74) is 0. The molecule has 0 heterocycles. The molecule has 1 saturated carbocycles. The van der Waals surface area contributed by atoms with Crippen molar-refractivity contribution >= 4 is 0 Å². The van der Waals surface area contributed by atoms with Gasteiger partial charge in [-0.1, -0.05) is 19.8 Å². The molecule has 0 radical (unpaired) electrons. The van der Waals surface area contributed by atoms with Gasteiger partial charge in [-0.25, -0.2) is 0 Å². The monoisotopic (exact) mass is 172 g/mol. The first-order valence-corrected chi connectivity index (χ1v) is 4.99. The van der Waals surface area contributed by atoms with E-state index in [9.17, 15) is 0 Å². The van der Waals surface area contributed by atoms with Gasteiger partial charge in [-0.05, 0) is 24.7 Å². The van der Waals surface area contributed by atoms with E-state index in [4.69, 9.17) is 10.2 Å². The fourth-order valence-corrected chi connectivity index (χ4v) is 2.27. The van der Waals surface area contributed by atoms with Crippen LogP contribution in [0.3, 0.4) is 0 Å². The molecule has 0 amide bonds. The summed E-state index contributed by atoms with van der Waals surface area (Å²) in [5.74, 6) is 1.47. The van der Waals surface area contributed by atoms with Crippen molar-refractivity contribution in [1.82, 2.24) is 0 Å². The van der Waals surface area contributed by atoms with E-state index in [-0.39, 0.29) is 19.1 Å². The maximum absolute atomic E-state index is 9.00. The van der Waals surface area contributed by atoms with Gasteiger partial charge in [0.05, 0.1) is 0 Å². The topological polar surface area (TPSA) is 40.5 Å². The molecule has 0 aromatic rings. The number of aliphatic hydroxyl groups excluding tert-OH is 2. The fourth-order valence-electron chi connectivity index (χ4n) is 2.27. The van der Waals surface area contributed by atoms with E-state index in [2.05, 4.69) is 6.92 Å². The minimum absolute atomic E-state index is 0.132. The van der Waals surface area contributed by atoms with Gasteiger partial charge >= 0.3 is 0 Å². The molecule has 0 spiro atoms. The third-order valence-electron chi connectivity index (χ3n) is 3.11. The Hall–Kier alpha value is -0.0800. The zero-order valence-corrected chi connectivity index (χ0v) is 7.87. The number of rotatable bonds is 3. The molecule has 72 valence electrons. The Bertz CT molecular complexity index is 121. The van der Waals surface area contributed by atoms with Gasteiger partial charge in [0, 0.05) is 19.1 Å². The Kier molecular flexibility index (Phi) is 4.02. The maximum Gasteiger partial charge on any atom is 0.0483 e. The van der Waals surface area contributed by atoms with E-state index in [0.29, 0.717) is 5.92 Å². The van der Waals surface area contributed by atoms with Gasteiger partial charge in [-0.3, -0.25) is 0 Å². The normalized spacial score (nSPS) is 31.0. The molecular formula is C10H20O2. The molecule has 0 bridgehead atoms. The second-order valence-corrected chi connectivity index (χ2v) is 4.16. The fraction of sp³-hybridized carbons (Fsp3) is 1.00. The second kappa shape index (κ2) is 4.83. The lowest BCUT2D eigenvalue weighted by Gasteiger charge is -2.31. The van der Waals surface area contributed by atoms with Crippen molar-refractivity contribution in [3.05, 3.63) is 0 Å². The predicted octanol–water partition coefficient (Wildman–Crippen LogP) is 1.41. The van der Waals surface area contributed by atoms with Gasteiger partial charge in [0.1, 0.15) is 0 Å². The Morgan fingerprint density at radius 1 is 1.25 bits per heavy atom. The number of hydrogen-bond acceptors (Lipinski definition) is 2. The lowest BCUT2D eigenvalue weighted by molar-refractivity contribution is 0.0779. The molecule has 2 heteroatoms. The van der Waals surface area contributed by atoms with E-state index in [1.807, 2.05) is 0 Å². The summed E-state index contributed by atoms with van der Waals surface area (Å²) in [6, 6.07) is 0. The zero-order chi connectivity index (χ0) is 8.97. The number of hydrogen-bond donors (Lipinski definition) is 2. The van der Waals surface area contributed by atoms with E-state index >= 15 is 0 Å². The van der Waals surface area contributed by atoms with Crippen LogP contribution >= 0.6 is 0 Å². The van der Waals surface area contributed by atoms with Gasteiger partial charge in [0.15, 0.2) is 0 Å². The summed E-state index contributed by atoms with van der Waals surface area (Å²) in [5, 5.41) is 18.0. The molecule has 12 heavy (non-hydrogen) atoms. The van der Waals surface area contributed by atoms with Crippen molar-refractivity contribution in [2.45, 2.75) is 32.6 Å². The largest absolute Gasteiger partial charge is 0.396 e. The van der Waals surface area contributed by atoms with Gasteiger partial charge < -0.3 is 10.2 Å². The van der Waals surface area contributed by atoms with Crippen LogP contribution in [0.1, 0.15) is 32.6 Å². The van der Waals surface area contributed by atoms with Gasteiger partial charge in [0.25, 0.3) is 0 Å². The van der Waals surface area contributed by atoms with Crippen LogP contribution in [0.2, 0.25) is 0 Å². The molecular weight excluding hydrogens is 152 g/mol. The molecule has 2 N–H and O–H groups in total. The summed E-state index contributed by atoms with van der Waals surface area (Å²) in [6.07, 6.45) is 4.96. The summed E-state index contributed by atoms with van der Waals surface area (Å²) < 4.78 is 0. The third-order valence-corrected chi connectivity index (χ3v) is 3.11. The third kappa shape index (κ3) is 2.46. The van der Waals surface area contributed by atoms with E-state index in [1.165, 1.54) is 25.7 Å². The SMILES string of the molecule is C[C@@H]1CCCC(C(CO)CO)C1. The summed E-state index contributed by atoms with van der Waals surface area (Å²) >= 11 is 0. The number of aliphatic hydroxyl groups is 2. The molecule has 0 aromatic carbocycles. The highest BCUT2D eigenvalue weighted by Gasteiger charge is 2.25.